The Morgan fingerprint density at radius 1 is 1.30 bits per heavy atom. The van der Waals surface area contributed by atoms with Crippen LogP contribution in [-0.2, 0) is 23.9 Å². The van der Waals surface area contributed by atoms with Gasteiger partial charge < -0.3 is 25.0 Å². The molecule has 0 spiro atoms. The highest BCUT2D eigenvalue weighted by Crippen LogP contribution is 2.47. The molecule has 0 aromatic heterocycles. The molecule has 3 rings (SSSR count). The van der Waals surface area contributed by atoms with Crippen molar-refractivity contribution < 1.29 is 52.0 Å². The van der Waals surface area contributed by atoms with Crippen LogP contribution in [0.2, 0.25) is 0 Å². The summed E-state index contributed by atoms with van der Waals surface area (Å²) in [6.45, 7) is 0.649. The van der Waals surface area contributed by atoms with Gasteiger partial charge in [-0.1, -0.05) is 0 Å². The van der Waals surface area contributed by atoms with Gasteiger partial charge >= 0.3 is 24.3 Å². The maximum Gasteiger partial charge on any atom is 0.512 e. The number of nitrogens with one attached hydrogen (secondary N) is 1. The third-order valence-corrected chi connectivity index (χ3v) is 4.31. The van der Waals surface area contributed by atoms with Crippen LogP contribution in [0.4, 0.5) is 18.0 Å². The molecule has 0 aliphatic carbocycles. The summed E-state index contributed by atoms with van der Waals surface area (Å²) in [5.41, 5.74) is 0.543. The van der Waals surface area contributed by atoms with Crippen LogP contribution in [0.15, 0.2) is 11.5 Å². The van der Waals surface area contributed by atoms with Crippen molar-refractivity contribution in [3.8, 4) is 0 Å². The van der Waals surface area contributed by atoms with E-state index in [1.54, 1.807) is 0 Å². The highest BCUT2D eigenvalue weighted by atomic mass is 19.4. The molecule has 3 heterocycles. The Bertz CT molecular complexity index is 705. The van der Waals surface area contributed by atoms with Gasteiger partial charge in [-0.25, -0.2) is 9.59 Å². The zero-order chi connectivity index (χ0) is 20.5. The van der Waals surface area contributed by atoms with Gasteiger partial charge in [0.1, 0.15) is 6.04 Å². The van der Waals surface area contributed by atoms with E-state index in [2.05, 4.69) is 10.1 Å². The molecule has 0 radical (unpaired) electrons. The van der Waals surface area contributed by atoms with Gasteiger partial charge in [0.05, 0.1) is 19.6 Å². The smallest absolute Gasteiger partial charge is 0.475 e. The monoisotopic (exact) mass is 396 g/mol. The van der Waals surface area contributed by atoms with Gasteiger partial charge in [-0.15, -0.1) is 0 Å². The van der Waals surface area contributed by atoms with E-state index >= 15 is 0 Å². The summed E-state index contributed by atoms with van der Waals surface area (Å²) < 4.78 is 41.1. The van der Waals surface area contributed by atoms with E-state index in [0.29, 0.717) is 12.1 Å². The van der Waals surface area contributed by atoms with Crippen LogP contribution in [-0.4, -0.2) is 71.0 Å². The normalized spacial score (nSPS) is 25.7. The van der Waals surface area contributed by atoms with Gasteiger partial charge in [-0.05, 0) is 13.0 Å². The standard InChI is InChI=1S/C12H14N2O6.C2HF3O2/c1-19-7(15)4-6-5-2-3-13-8-9(5)14(10(8)16)11(6)20-12(17)18;3-2(4,5)1(6)7/h5,8-9,13H,2-4H2,1H3,(H,17,18);(H,6,7)/t5?,8-,9+;/m0./s1. The molecule has 0 aromatic carbocycles. The number of ether oxygens (including phenoxy) is 2. The quantitative estimate of drug-likeness (QED) is 0.453. The van der Waals surface area contributed by atoms with E-state index in [1.165, 1.54) is 12.0 Å². The molecule has 1 amide bonds. The minimum atomic E-state index is -5.08. The van der Waals surface area contributed by atoms with Crippen molar-refractivity contribution in [2.45, 2.75) is 31.1 Å². The second-order valence-electron chi connectivity index (χ2n) is 5.78. The first kappa shape index (κ1) is 20.5. The number of alkyl halides is 3. The number of esters is 1. The number of hydrogen-bond donors (Lipinski definition) is 3. The molecule has 2 fully saturated rings. The topological polar surface area (TPSA) is 142 Å². The number of β-lactam (4-membered cyclic amide) rings is 1. The zero-order valence-electron chi connectivity index (χ0n) is 13.8. The van der Waals surface area contributed by atoms with Gasteiger partial charge in [0, 0.05) is 11.5 Å². The van der Waals surface area contributed by atoms with Crippen LogP contribution in [0.3, 0.4) is 0 Å². The summed E-state index contributed by atoms with van der Waals surface area (Å²) >= 11 is 0. The third kappa shape index (κ3) is 3.97. The van der Waals surface area contributed by atoms with Crippen LogP contribution in [0.1, 0.15) is 12.8 Å². The Morgan fingerprint density at radius 2 is 1.89 bits per heavy atom. The Hall–Kier alpha value is -2.83. The maximum atomic E-state index is 12.0. The maximum absolute atomic E-state index is 12.0. The van der Waals surface area contributed by atoms with Gasteiger partial charge in [-0.2, -0.15) is 13.2 Å². The minimum Gasteiger partial charge on any atom is -0.475 e. The average molecular weight is 396 g/mol. The Kier molecular flexibility index (Phi) is 5.63. The van der Waals surface area contributed by atoms with Crippen LogP contribution in [0.25, 0.3) is 0 Å². The number of carboxylic acids is 1. The number of carbonyl (C=O) groups excluding carboxylic acids is 2. The Labute approximate surface area is 149 Å². The van der Waals surface area contributed by atoms with Crippen LogP contribution in [0.5, 0.6) is 0 Å². The molecule has 0 saturated carbocycles. The number of halogens is 3. The molecule has 3 N–H and O–H groups in total. The SMILES string of the molecule is COC(=O)CC1=C(OC(=O)O)N2C(=O)[C@H]3NCCC1[C@H]32.O=C(O)C(F)(F)F. The van der Waals surface area contributed by atoms with Gasteiger partial charge in [0.2, 0.25) is 11.8 Å². The van der Waals surface area contributed by atoms with E-state index in [-0.39, 0.29) is 36.2 Å². The fourth-order valence-electron chi connectivity index (χ4n) is 3.26. The molecule has 3 aliphatic rings. The van der Waals surface area contributed by atoms with E-state index < -0.39 is 24.3 Å². The highest BCUT2D eigenvalue weighted by Gasteiger charge is 2.61. The van der Waals surface area contributed by atoms with Crippen molar-refractivity contribution in [3.63, 3.8) is 0 Å². The van der Waals surface area contributed by atoms with Crippen molar-refractivity contribution >= 4 is 24.0 Å². The number of carboxylic acid groups (broad SMARTS) is 2. The molecule has 10 nitrogen and oxygen atoms in total. The first-order valence-electron chi connectivity index (χ1n) is 7.56. The predicted molar refractivity (Wildman–Crippen MR) is 77.0 cm³/mol. The highest BCUT2D eigenvalue weighted by molar-refractivity contribution is 5.93. The summed E-state index contributed by atoms with van der Waals surface area (Å²) in [7, 11) is 1.26. The molecule has 3 aliphatic heterocycles. The first-order chi connectivity index (χ1) is 12.5. The fourth-order valence-corrected chi connectivity index (χ4v) is 3.26. The van der Waals surface area contributed by atoms with Gasteiger partial charge in [-0.3, -0.25) is 14.5 Å². The minimum absolute atomic E-state index is 0.0112. The third-order valence-electron chi connectivity index (χ3n) is 4.31. The van der Waals surface area contributed by atoms with Crippen molar-refractivity contribution in [3.05, 3.63) is 11.5 Å². The molecular weight excluding hydrogens is 381 g/mol. The number of aliphatic carboxylic acids is 1. The second kappa shape index (κ2) is 7.42. The number of methoxy groups -OCH3 is 1. The number of amides is 1. The second-order valence-corrected chi connectivity index (χ2v) is 5.78. The van der Waals surface area contributed by atoms with Crippen LogP contribution in [0, 0.1) is 5.92 Å². The lowest BCUT2D eigenvalue weighted by atomic mass is 9.79. The number of piperidine rings is 1. The lowest BCUT2D eigenvalue weighted by Crippen LogP contribution is -2.71. The largest absolute Gasteiger partial charge is 0.512 e. The molecule has 27 heavy (non-hydrogen) atoms. The summed E-state index contributed by atoms with van der Waals surface area (Å²) in [6, 6.07) is -0.457. The number of hydrogen-bond acceptors (Lipinski definition) is 7. The van der Waals surface area contributed by atoms with E-state index in [9.17, 15) is 27.6 Å². The first-order valence-corrected chi connectivity index (χ1v) is 7.56. The average Bonchev–Trinajstić information content (AvgIpc) is 2.85. The summed E-state index contributed by atoms with van der Waals surface area (Å²) in [6.07, 6.45) is -5.91. The van der Waals surface area contributed by atoms with Crippen molar-refractivity contribution in [1.29, 1.82) is 0 Å². The molecule has 0 bridgehead atoms. The van der Waals surface area contributed by atoms with Crippen LogP contribution >= 0.6 is 0 Å². The molecule has 1 unspecified atom stereocenters. The van der Waals surface area contributed by atoms with Gasteiger partial charge in [0.15, 0.2) is 0 Å². The molecule has 150 valence electrons. The molecule has 0 aromatic rings. The van der Waals surface area contributed by atoms with Crippen molar-refractivity contribution in [1.82, 2.24) is 10.2 Å². The molecule has 3 atom stereocenters. The summed E-state index contributed by atoms with van der Waals surface area (Å²) in [5, 5.41) is 19.0. The Balaban J connectivity index is 0.000000321. The predicted octanol–water partition coefficient (Wildman–Crippen LogP) is 0.291. The number of nitrogens with zero attached hydrogens (tertiary/aromatic N) is 1. The molecule has 2 saturated heterocycles. The lowest BCUT2D eigenvalue weighted by Gasteiger charge is -2.48. The van der Waals surface area contributed by atoms with Crippen LogP contribution < -0.4 is 5.32 Å². The zero-order valence-corrected chi connectivity index (χ0v) is 13.8. The molecule has 13 heteroatoms. The lowest BCUT2D eigenvalue weighted by molar-refractivity contribution is -0.192. The fraction of sp³-hybridized carbons (Fsp3) is 0.571. The van der Waals surface area contributed by atoms with Gasteiger partial charge in [0.25, 0.3) is 0 Å². The van der Waals surface area contributed by atoms with E-state index in [0.717, 1.165) is 6.42 Å². The van der Waals surface area contributed by atoms with Crippen molar-refractivity contribution in [2.75, 3.05) is 13.7 Å². The molecular formula is C14H15F3N2O8. The number of carbonyl (C=O) groups is 4. The Morgan fingerprint density at radius 3 is 2.37 bits per heavy atom. The summed E-state index contributed by atoms with van der Waals surface area (Å²) in [5.74, 6) is -3.50. The van der Waals surface area contributed by atoms with E-state index in [1.807, 2.05) is 0 Å². The van der Waals surface area contributed by atoms with E-state index in [4.69, 9.17) is 19.7 Å². The number of rotatable bonds is 3. The van der Waals surface area contributed by atoms with Crippen molar-refractivity contribution in [2.24, 2.45) is 5.92 Å². The summed E-state index contributed by atoms with van der Waals surface area (Å²) in [4.78, 5) is 44.5.